The predicted octanol–water partition coefficient (Wildman–Crippen LogP) is 1.36. The van der Waals surface area contributed by atoms with Crippen molar-refractivity contribution in [3.8, 4) is 0 Å². The van der Waals surface area contributed by atoms with E-state index in [1.54, 1.807) is 0 Å². The Labute approximate surface area is 126 Å². The number of hydrogen-bond acceptors (Lipinski definition) is 3. The molecule has 6 heteroatoms. The van der Waals surface area contributed by atoms with Gasteiger partial charge in [0.05, 0.1) is 6.54 Å². The molecule has 0 saturated carbocycles. The van der Waals surface area contributed by atoms with Crippen molar-refractivity contribution in [2.24, 2.45) is 5.73 Å². The van der Waals surface area contributed by atoms with E-state index < -0.39 is 0 Å². The fourth-order valence-corrected chi connectivity index (χ4v) is 2.36. The molecule has 1 unspecified atom stereocenters. The molecule has 1 aliphatic rings. The number of benzene rings is 1. The molecule has 2 rings (SSSR count). The van der Waals surface area contributed by atoms with E-state index in [9.17, 15) is 4.79 Å². The van der Waals surface area contributed by atoms with Crippen molar-refractivity contribution in [2.45, 2.75) is 19.4 Å². The van der Waals surface area contributed by atoms with Gasteiger partial charge in [0.25, 0.3) is 0 Å². The molecule has 1 heterocycles. The molecule has 1 aliphatic heterocycles. The van der Waals surface area contributed by atoms with Crippen LogP contribution in [0.2, 0.25) is 0 Å². The van der Waals surface area contributed by atoms with Gasteiger partial charge in [0.1, 0.15) is 0 Å². The van der Waals surface area contributed by atoms with E-state index in [1.807, 2.05) is 0 Å². The van der Waals surface area contributed by atoms with Gasteiger partial charge in [-0.1, -0.05) is 18.2 Å². The normalized spacial score (nSPS) is 16.1. The molecular formula is C13H21Cl2N3O. The Bertz CT molecular complexity index is 415. The number of carbonyl (C=O) groups is 1. The van der Waals surface area contributed by atoms with Gasteiger partial charge < -0.3 is 16.0 Å². The van der Waals surface area contributed by atoms with Crippen molar-refractivity contribution in [1.29, 1.82) is 0 Å². The first-order chi connectivity index (χ1) is 8.22. The van der Waals surface area contributed by atoms with Crippen LogP contribution in [0.3, 0.4) is 0 Å². The maximum Gasteiger partial charge on any atom is 0.233 e. The van der Waals surface area contributed by atoms with Gasteiger partial charge in [-0.3, -0.25) is 4.79 Å². The highest BCUT2D eigenvalue weighted by Crippen LogP contribution is 2.30. The van der Waals surface area contributed by atoms with Gasteiger partial charge in [-0.2, -0.15) is 0 Å². The fraction of sp³-hybridized carbons (Fsp3) is 0.462. The van der Waals surface area contributed by atoms with E-state index in [2.05, 4.69) is 41.4 Å². The molecule has 0 bridgehead atoms. The Morgan fingerprint density at radius 3 is 2.79 bits per heavy atom. The van der Waals surface area contributed by atoms with Gasteiger partial charge in [0, 0.05) is 24.8 Å². The van der Waals surface area contributed by atoms with Crippen LogP contribution in [-0.4, -0.2) is 31.6 Å². The third kappa shape index (κ3) is 4.27. The summed E-state index contributed by atoms with van der Waals surface area (Å²) in [5, 5.41) is 2.80. The topological polar surface area (TPSA) is 58.4 Å². The summed E-state index contributed by atoms with van der Waals surface area (Å²) in [5.41, 5.74) is 7.93. The smallest absolute Gasteiger partial charge is 0.233 e. The first-order valence-electron chi connectivity index (χ1n) is 6.03. The number of rotatable bonds is 4. The van der Waals surface area contributed by atoms with Crippen molar-refractivity contribution < 1.29 is 4.79 Å². The molecule has 1 amide bonds. The first-order valence-corrected chi connectivity index (χ1v) is 6.03. The number of nitrogens with zero attached hydrogens (tertiary/aromatic N) is 1. The summed E-state index contributed by atoms with van der Waals surface area (Å²) < 4.78 is 0. The molecule has 108 valence electrons. The first kappa shape index (κ1) is 18.0. The maximum atomic E-state index is 11.1. The maximum absolute atomic E-state index is 11.1. The summed E-state index contributed by atoms with van der Waals surface area (Å²) in [4.78, 5) is 13.4. The second-order valence-corrected chi connectivity index (χ2v) is 4.43. The summed E-state index contributed by atoms with van der Waals surface area (Å²) in [5.74, 6) is -0.0925. The second kappa shape index (κ2) is 8.25. The van der Waals surface area contributed by atoms with Crippen LogP contribution in [-0.2, 0) is 11.2 Å². The van der Waals surface area contributed by atoms with Crippen LogP contribution >= 0.6 is 24.8 Å². The summed E-state index contributed by atoms with van der Waals surface area (Å²) in [6.45, 7) is 3.76. The Balaban J connectivity index is 0.00000162. The zero-order valence-corrected chi connectivity index (χ0v) is 12.6. The molecule has 0 radical (unpaired) electrons. The largest absolute Gasteiger partial charge is 0.367 e. The minimum absolute atomic E-state index is 0. The van der Waals surface area contributed by atoms with E-state index in [1.165, 1.54) is 11.3 Å². The van der Waals surface area contributed by atoms with Crippen LogP contribution in [0.25, 0.3) is 0 Å². The lowest BCUT2D eigenvalue weighted by Crippen LogP contribution is -2.39. The molecule has 1 atom stereocenters. The summed E-state index contributed by atoms with van der Waals surface area (Å²) in [6.07, 6.45) is 1.08. The van der Waals surface area contributed by atoms with Crippen LogP contribution in [0, 0.1) is 0 Å². The Morgan fingerprint density at radius 2 is 2.11 bits per heavy atom. The monoisotopic (exact) mass is 305 g/mol. The van der Waals surface area contributed by atoms with Crippen molar-refractivity contribution in [2.75, 3.05) is 24.5 Å². The van der Waals surface area contributed by atoms with Crippen molar-refractivity contribution in [1.82, 2.24) is 5.32 Å². The third-order valence-electron chi connectivity index (χ3n) is 3.21. The highest BCUT2D eigenvalue weighted by atomic mass is 35.5. The van der Waals surface area contributed by atoms with E-state index in [4.69, 9.17) is 5.73 Å². The summed E-state index contributed by atoms with van der Waals surface area (Å²) in [7, 11) is 0. The predicted molar refractivity (Wildman–Crippen MR) is 83.5 cm³/mol. The molecule has 0 spiro atoms. The third-order valence-corrected chi connectivity index (χ3v) is 3.21. The van der Waals surface area contributed by atoms with E-state index in [0.717, 1.165) is 13.0 Å². The number of nitrogens with one attached hydrogen (secondary N) is 1. The molecule has 19 heavy (non-hydrogen) atoms. The van der Waals surface area contributed by atoms with E-state index in [0.29, 0.717) is 12.6 Å². The SMILES string of the molecule is CC1Cc2ccccc2N1CCNC(=O)CN.Cl.Cl. The highest BCUT2D eigenvalue weighted by Gasteiger charge is 2.24. The molecular weight excluding hydrogens is 285 g/mol. The van der Waals surface area contributed by atoms with Crippen LogP contribution < -0.4 is 16.0 Å². The lowest BCUT2D eigenvalue weighted by molar-refractivity contribution is -0.119. The minimum Gasteiger partial charge on any atom is -0.367 e. The molecule has 4 nitrogen and oxygen atoms in total. The Kier molecular flexibility index (Phi) is 7.83. The molecule has 0 fully saturated rings. The van der Waals surface area contributed by atoms with Gasteiger partial charge in [0.2, 0.25) is 5.91 Å². The molecule has 0 aliphatic carbocycles. The number of para-hydroxylation sites is 1. The minimum atomic E-state index is -0.0925. The standard InChI is InChI=1S/C13H19N3O.2ClH/c1-10-8-11-4-2-3-5-12(11)16(10)7-6-15-13(17)9-14;;/h2-5,10H,6-9,14H2,1H3,(H,15,17);2*1H. The van der Waals surface area contributed by atoms with Gasteiger partial charge in [0.15, 0.2) is 0 Å². The molecule has 1 aromatic rings. The van der Waals surface area contributed by atoms with Gasteiger partial charge in [-0.05, 0) is 25.0 Å². The van der Waals surface area contributed by atoms with Crippen LogP contribution in [0.15, 0.2) is 24.3 Å². The van der Waals surface area contributed by atoms with Crippen molar-refractivity contribution in [3.63, 3.8) is 0 Å². The number of anilines is 1. The Morgan fingerprint density at radius 1 is 1.42 bits per heavy atom. The van der Waals surface area contributed by atoms with E-state index in [-0.39, 0.29) is 37.3 Å². The number of fused-ring (bicyclic) bond motifs is 1. The second-order valence-electron chi connectivity index (χ2n) is 4.43. The zero-order valence-electron chi connectivity index (χ0n) is 11.0. The molecule has 0 saturated heterocycles. The van der Waals surface area contributed by atoms with Gasteiger partial charge >= 0.3 is 0 Å². The van der Waals surface area contributed by atoms with Crippen LogP contribution in [0.5, 0.6) is 0 Å². The van der Waals surface area contributed by atoms with Crippen LogP contribution in [0.4, 0.5) is 5.69 Å². The molecule has 3 N–H and O–H groups in total. The zero-order chi connectivity index (χ0) is 12.3. The van der Waals surface area contributed by atoms with Crippen LogP contribution in [0.1, 0.15) is 12.5 Å². The lowest BCUT2D eigenvalue weighted by atomic mass is 10.1. The quantitative estimate of drug-likeness (QED) is 0.883. The fourth-order valence-electron chi connectivity index (χ4n) is 2.36. The lowest BCUT2D eigenvalue weighted by Gasteiger charge is -2.24. The number of nitrogens with two attached hydrogens (primary N) is 1. The summed E-state index contributed by atoms with van der Waals surface area (Å²) >= 11 is 0. The van der Waals surface area contributed by atoms with Gasteiger partial charge in [-0.15, -0.1) is 24.8 Å². The Hall–Kier alpha value is -0.970. The average molecular weight is 306 g/mol. The number of hydrogen-bond donors (Lipinski definition) is 2. The average Bonchev–Trinajstić information content (AvgIpc) is 2.66. The number of carbonyl (C=O) groups excluding carboxylic acids is 1. The molecule has 1 aromatic carbocycles. The van der Waals surface area contributed by atoms with Crippen molar-refractivity contribution >= 4 is 36.4 Å². The molecule has 0 aromatic heterocycles. The highest BCUT2D eigenvalue weighted by molar-refractivity contribution is 5.85. The number of halogens is 2. The van der Waals surface area contributed by atoms with Crippen molar-refractivity contribution in [3.05, 3.63) is 29.8 Å². The summed E-state index contributed by atoms with van der Waals surface area (Å²) in [6, 6.07) is 8.95. The van der Waals surface area contributed by atoms with Gasteiger partial charge in [-0.25, -0.2) is 0 Å². The van der Waals surface area contributed by atoms with E-state index >= 15 is 0 Å². The number of amides is 1.